The van der Waals surface area contributed by atoms with E-state index in [2.05, 4.69) is 4.98 Å². The molecule has 0 spiro atoms. The quantitative estimate of drug-likeness (QED) is 0.802. The summed E-state index contributed by atoms with van der Waals surface area (Å²) in [4.78, 5) is 48.1. The third-order valence-electron chi connectivity index (χ3n) is 5.93. The van der Waals surface area contributed by atoms with E-state index < -0.39 is 0 Å². The molecule has 3 rings (SSSR count). The van der Waals surface area contributed by atoms with Gasteiger partial charge in [-0.1, -0.05) is 13.8 Å². The number of nitrogens with zero attached hydrogens (tertiary/aromatic N) is 3. The fourth-order valence-electron chi connectivity index (χ4n) is 4.30. The van der Waals surface area contributed by atoms with Crippen LogP contribution in [0.25, 0.3) is 0 Å². The zero-order valence-corrected chi connectivity index (χ0v) is 17.6. The average Bonchev–Trinajstić information content (AvgIpc) is 2.73. The van der Waals surface area contributed by atoms with E-state index in [0.29, 0.717) is 25.5 Å². The van der Waals surface area contributed by atoms with Crippen molar-refractivity contribution in [2.45, 2.75) is 51.4 Å². The fourth-order valence-corrected chi connectivity index (χ4v) is 4.30. The molecule has 1 aromatic heterocycles. The van der Waals surface area contributed by atoms with E-state index >= 15 is 0 Å². The van der Waals surface area contributed by atoms with Gasteiger partial charge in [0.2, 0.25) is 11.8 Å². The molecule has 2 saturated heterocycles. The van der Waals surface area contributed by atoms with E-state index in [1.807, 2.05) is 18.7 Å². The number of carbonyl (C=O) groups excluding carboxylic acids is 2. The second kappa shape index (κ2) is 9.52. The number of hydrogen-bond donors (Lipinski definition) is 1. The molecule has 2 fully saturated rings. The summed E-state index contributed by atoms with van der Waals surface area (Å²) in [6.45, 7) is 6.61. The highest BCUT2D eigenvalue weighted by molar-refractivity contribution is 5.78. The summed E-state index contributed by atoms with van der Waals surface area (Å²) in [6.07, 6.45) is 3.39. The smallest absolute Gasteiger partial charge is 0.251 e. The van der Waals surface area contributed by atoms with Gasteiger partial charge in [0.25, 0.3) is 5.56 Å². The first kappa shape index (κ1) is 21.5. The van der Waals surface area contributed by atoms with Crippen molar-refractivity contribution in [3.8, 4) is 0 Å². The van der Waals surface area contributed by atoms with E-state index in [-0.39, 0.29) is 41.7 Å². The van der Waals surface area contributed by atoms with Crippen LogP contribution in [0.3, 0.4) is 0 Å². The Morgan fingerprint density at radius 1 is 1.17 bits per heavy atom. The molecule has 1 aromatic rings. The minimum Gasteiger partial charge on any atom is -0.375 e. The highest BCUT2D eigenvalue weighted by Gasteiger charge is 2.29. The normalized spacial score (nSPS) is 20.9. The Morgan fingerprint density at radius 2 is 1.90 bits per heavy atom. The zero-order valence-electron chi connectivity index (χ0n) is 17.6. The van der Waals surface area contributed by atoms with Gasteiger partial charge in [-0.25, -0.2) is 4.98 Å². The molecule has 2 aliphatic rings. The van der Waals surface area contributed by atoms with Crippen LogP contribution in [-0.4, -0.2) is 71.5 Å². The lowest BCUT2D eigenvalue weighted by molar-refractivity contribution is -0.136. The van der Waals surface area contributed by atoms with Crippen LogP contribution < -0.4 is 5.56 Å². The predicted octanol–water partition coefficient (Wildman–Crippen LogP) is 1.48. The zero-order chi connectivity index (χ0) is 21.0. The monoisotopic (exact) mass is 404 g/mol. The third-order valence-corrected chi connectivity index (χ3v) is 5.93. The Labute approximate surface area is 171 Å². The van der Waals surface area contributed by atoms with Crippen LogP contribution in [0.1, 0.15) is 62.9 Å². The van der Waals surface area contributed by atoms with Crippen molar-refractivity contribution < 1.29 is 14.3 Å². The number of aromatic nitrogens is 2. The van der Waals surface area contributed by atoms with E-state index in [9.17, 15) is 14.4 Å². The largest absolute Gasteiger partial charge is 0.375 e. The van der Waals surface area contributed by atoms with E-state index in [1.165, 1.54) is 7.11 Å². The number of methoxy groups -OCH3 is 1. The van der Waals surface area contributed by atoms with Crippen molar-refractivity contribution in [3.63, 3.8) is 0 Å². The molecule has 1 unspecified atom stereocenters. The van der Waals surface area contributed by atoms with E-state index in [0.717, 1.165) is 37.9 Å². The molecular weight excluding hydrogens is 372 g/mol. The first-order valence-corrected chi connectivity index (χ1v) is 10.6. The highest BCUT2D eigenvalue weighted by Crippen LogP contribution is 2.29. The van der Waals surface area contributed by atoms with Crippen LogP contribution in [0.4, 0.5) is 0 Å². The second-order valence-electron chi connectivity index (χ2n) is 8.42. The molecule has 8 nitrogen and oxygen atoms in total. The summed E-state index contributed by atoms with van der Waals surface area (Å²) in [5.74, 6) is 1.06. The standard InChI is InChI=1S/C21H32N4O4/c1-14(2)21(28)25-8-4-5-16(12-25)17-11-18(26)23-20(22-17)15-6-9-24(10-7-15)19(27)13-29-3/h11,14-16H,4-10,12-13H2,1-3H3,(H,22,23,26). The molecule has 0 aromatic carbocycles. The summed E-state index contributed by atoms with van der Waals surface area (Å²) in [6, 6.07) is 1.58. The number of ether oxygens (including phenoxy) is 1. The van der Waals surface area contributed by atoms with Crippen LogP contribution in [-0.2, 0) is 14.3 Å². The molecule has 160 valence electrons. The molecule has 3 heterocycles. The summed E-state index contributed by atoms with van der Waals surface area (Å²) in [5, 5.41) is 0. The van der Waals surface area contributed by atoms with Crippen molar-refractivity contribution in [3.05, 3.63) is 27.9 Å². The van der Waals surface area contributed by atoms with Gasteiger partial charge in [0.05, 0.1) is 5.69 Å². The minimum atomic E-state index is -0.143. The maximum absolute atomic E-state index is 12.4. The van der Waals surface area contributed by atoms with Gasteiger partial charge in [0, 0.05) is 57.1 Å². The number of H-pyrrole nitrogens is 1. The molecule has 1 N–H and O–H groups in total. The second-order valence-corrected chi connectivity index (χ2v) is 8.42. The summed E-state index contributed by atoms with van der Waals surface area (Å²) in [7, 11) is 1.52. The number of carbonyl (C=O) groups is 2. The minimum absolute atomic E-state index is 0.00160. The predicted molar refractivity (Wildman–Crippen MR) is 109 cm³/mol. The first-order valence-electron chi connectivity index (χ1n) is 10.6. The average molecular weight is 405 g/mol. The number of aromatic amines is 1. The Bertz CT molecular complexity index is 783. The topological polar surface area (TPSA) is 95.6 Å². The van der Waals surface area contributed by atoms with Crippen LogP contribution in [0, 0.1) is 5.92 Å². The van der Waals surface area contributed by atoms with Gasteiger partial charge < -0.3 is 19.5 Å². The Hall–Kier alpha value is -2.22. The number of amides is 2. The maximum Gasteiger partial charge on any atom is 0.251 e. The molecular formula is C21H32N4O4. The van der Waals surface area contributed by atoms with Gasteiger partial charge in [-0.2, -0.15) is 0 Å². The van der Waals surface area contributed by atoms with Crippen molar-refractivity contribution in [1.82, 2.24) is 19.8 Å². The molecule has 29 heavy (non-hydrogen) atoms. The Balaban J connectivity index is 1.70. The van der Waals surface area contributed by atoms with Crippen LogP contribution in [0.5, 0.6) is 0 Å². The van der Waals surface area contributed by atoms with Gasteiger partial charge in [0.1, 0.15) is 12.4 Å². The molecule has 1 atom stereocenters. The SMILES string of the molecule is COCC(=O)N1CCC(c2nc(C3CCCN(C(=O)C(C)C)C3)cc(=O)[nH]2)CC1. The Morgan fingerprint density at radius 3 is 2.55 bits per heavy atom. The third kappa shape index (κ3) is 5.23. The molecule has 2 amide bonds. The number of nitrogens with one attached hydrogen (secondary N) is 1. The molecule has 8 heteroatoms. The molecule has 0 saturated carbocycles. The van der Waals surface area contributed by atoms with E-state index in [4.69, 9.17) is 9.72 Å². The highest BCUT2D eigenvalue weighted by atomic mass is 16.5. The lowest BCUT2D eigenvalue weighted by Gasteiger charge is -2.34. The van der Waals surface area contributed by atoms with Crippen LogP contribution in [0.15, 0.2) is 10.9 Å². The van der Waals surface area contributed by atoms with Crippen LogP contribution in [0.2, 0.25) is 0 Å². The van der Waals surface area contributed by atoms with Gasteiger partial charge in [-0.05, 0) is 25.7 Å². The van der Waals surface area contributed by atoms with Gasteiger partial charge >= 0.3 is 0 Å². The lowest BCUT2D eigenvalue weighted by atomic mass is 9.92. The first-order chi connectivity index (χ1) is 13.9. The number of piperidine rings is 2. The maximum atomic E-state index is 12.4. The lowest BCUT2D eigenvalue weighted by Crippen LogP contribution is -2.42. The molecule has 0 bridgehead atoms. The van der Waals surface area contributed by atoms with Gasteiger partial charge in [0.15, 0.2) is 0 Å². The van der Waals surface area contributed by atoms with Crippen molar-refractivity contribution in [2.24, 2.45) is 5.92 Å². The van der Waals surface area contributed by atoms with Gasteiger partial charge in [-0.3, -0.25) is 14.4 Å². The van der Waals surface area contributed by atoms with Crippen LogP contribution >= 0.6 is 0 Å². The van der Waals surface area contributed by atoms with Gasteiger partial charge in [-0.15, -0.1) is 0 Å². The number of hydrogen-bond acceptors (Lipinski definition) is 5. The number of likely N-dealkylation sites (tertiary alicyclic amines) is 2. The Kier molecular flexibility index (Phi) is 7.05. The van der Waals surface area contributed by atoms with E-state index in [1.54, 1.807) is 11.0 Å². The molecule has 2 aliphatic heterocycles. The molecule has 0 radical (unpaired) electrons. The summed E-state index contributed by atoms with van der Waals surface area (Å²) < 4.78 is 4.93. The number of rotatable bonds is 5. The summed E-state index contributed by atoms with van der Waals surface area (Å²) >= 11 is 0. The fraction of sp³-hybridized carbons (Fsp3) is 0.714. The van der Waals surface area contributed by atoms with Crippen molar-refractivity contribution in [1.29, 1.82) is 0 Å². The van der Waals surface area contributed by atoms with Crippen molar-refractivity contribution in [2.75, 3.05) is 39.9 Å². The van der Waals surface area contributed by atoms with Crippen molar-refractivity contribution >= 4 is 11.8 Å². The summed E-state index contributed by atoms with van der Waals surface area (Å²) in [5.41, 5.74) is 0.637. The molecule has 0 aliphatic carbocycles.